The monoisotopic (exact) mass is 186 g/mol. The van der Waals surface area contributed by atoms with Crippen LogP contribution in [0.2, 0.25) is 0 Å². The second-order valence-corrected chi connectivity index (χ2v) is 1.63. The SMILES string of the molecule is CCCC(O)CO.OCl.[AlH3]. The topological polar surface area (TPSA) is 60.7 Å². The van der Waals surface area contributed by atoms with Gasteiger partial charge in [0, 0.05) is 0 Å². The standard InChI is InChI=1S/C5H12O2.Al.ClHO.3H/c1-2-3-5(7)4-6;;1-2;;;/h5-7H,2-4H2,1H3;;2H;;;. The van der Waals surface area contributed by atoms with Gasteiger partial charge in [-0.25, -0.2) is 0 Å². The molecular weight excluding hydrogens is 170 g/mol. The Hall–Kier alpha value is 0.702. The molecule has 1 atom stereocenters. The summed E-state index contributed by atoms with van der Waals surface area (Å²) in [4.78, 5) is 0. The number of hydrogen-bond acceptors (Lipinski definition) is 3. The fourth-order valence-corrected chi connectivity index (χ4v) is 0.425. The summed E-state index contributed by atoms with van der Waals surface area (Å²) < 4.78 is 6.47. The molecule has 3 nitrogen and oxygen atoms in total. The molecule has 0 heterocycles. The number of aliphatic hydroxyl groups excluding tert-OH is 2. The zero-order valence-corrected chi connectivity index (χ0v) is 6.17. The van der Waals surface area contributed by atoms with Crippen molar-refractivity contribution >= 4 is 29.2 Å². The lowest BCUT2D eigenvalue weighted by molar-refractivity contribution is 0.0877. The van der Waals surface area contributed by atoms with Gasteiger partial charge in [0.2, 0.25) is 0 Å². The van der Waals surface area contributed by atoms with Gasteiger partial charge >= 0.3 is 0 Å². The summed E-state index contributed by atoms with van der Waals surface area (Å²) in [6.07, 6.45) is 1.14. The molecule has 3 N–H and O–H groups in total. The van der Waals surface area contributed by atoms with Gasteiger partial charge in [-0.15, -0.1) is 0 Å². The van der Waals surface area contributed by atoms with Gasteiger partial charge < -0.3 is 10.2 Å². The fourth-order valence-electron chi connectivity index (χ4n) is 0.425. The number of halogens is 1. The van der Waals surface area contributed by atoms with Gasteiger partial charge in [-0.2, -0.15) is 0 Å². The van der Waals surface area contributed by atoms with E-state index in [4.69, 9.17) is 14.9 Å². The first kappa shape index (κ1) is 17.0. The van der Waals surface area contributed by atoms with Crippen molar-refractivity contribution in [3.63, 3.8) is 0 Å². The molecule has 0 rings (SSSR count). The maximum absolute atomic E-state index is 8.61. The molecule has 0 aromatic heterocycles. The first-order valence-corrected chi connectivity index (χ1v) is 3.11. The molecule has 0 bridgehead atoms. The molecule has 0 radical (unpaired) electrons. The van der Waals surface area contributed by atoms with Gasteiger partial charge in [-0.05, 0) is 6.42 Å². The molecule has 0 aromatic rings. The predicted octanol–water partition coefficient (Wildman–Crippen LogP) is -0.912. The zero-order chi connectivity index (χ0) is 7.70. The summed E-state index contributed by atoms with van der Waals surface area (Å²) in [7, 11) is 0. The Bertz CT molecular complexity index is 47.9. The molecule has 0 amide bonds. The minimum Gasteiger partial charge on any atom is -0.394 e. The van der Waals surface area contributed by atoms with E-state index in [1.54, 1.807) is 0 Å². The third kappa shape index (κ3) is 15.9. The van der Waals surface area contributed by atoms with Crippen molar-refractivity contribution < 1.29 is 14.9 Å². The Morgan fingerprint density at radius 2 is 1.80 bits per heavy atom. The summed E-state index contributed by atoms with van der Waals surface area (Å²) in [6.45, 7) is 1.87. The molecule has 1 unspecified atom stereocenters. The van der Waals surface area contributed by atoms with Crippen LogP contribution >= 0.6 is 11.9 Å². The van der Waals surface area contributed by atoms with Crippen LogP contribution in [0.5, 0.6) is 0 Å². The molecule has 0 fully saturated rings. The number of hydrogen-bond donors (Lipinski definition) is 3. The van der Waals surface area contributed by atoms with Crippen molar-refractivity contribution in [2.45, 2.75) is 25.9 Å². The van der Waals surface area contributed by atoms with E-state index in [1.165, 1.54) is 0 Å². The van der Waals surface area contributed by atoms with Gasteiger partial charge in [-0.3, -0.25) is 4.66 Å². The van der Waals surface area contributed by atoms with E-state index in [9.17, 15) is 0 Å². The highest BCUT2D eigenvalue weighted by molar-refractivity contribution is 6.04. The molecular formula is C5H16AlClO3. The predicted molar refractivity (Wildman–Crippen MR) is 46.0 cm³/mol. The minimum absolute atomic E-state index is 0. The third-order valence-electron chi connectivity index (χ3n) is 0.833. The Morgan fingerprint density at radius 3 is 1.90 bits per heavy atom. The first-order valence-electron chi connectivity index (χ1n) is 2.77. The first-order chi connectivity index (χ1) is 4.31. The highest BCUT2D eigenvalue weighted by Gasteiger charge is 1.95. The van der Waals surface area contributed by atoms with E-state index >= 15 is 0 Å². The van der Waals surface area contributed by atoms with Gasteiger partial charge in [0.25, 0.3) is 0 Å². The van der Waals surface area contributed by atoms with E-state index < -0.39 is 6.10 Å². The third-order valence-corrected chi connectivity index (χ3v) is 0.833. The van der Waals surface area contributed by atoms with Crippen molar-refractivity contribution in [2.75, 3.05) is 6.61 Å². The van der Waals surface area contributed by atoms with Crippen molar-refractivity contribution in [1.82, 2.24) is 0 Å². The molecule has 0 saturated carbocycles. The largest absolute Gasteiger partial charge is 0.394 e. The highest BCUT2D eigenvalue weighted by atomic mass is 35.5. The lowest BCUT2D eigenvalue weighted by Gasteiger charge is -2.01. The Morgan fingerprint density at radius 1 is 1.40 bits per heavy atom. The van der Waals surface area contributed by atoms with Crippen molar-refractivity contribution in [3.05, 3.63) is 0 Å². The summed E-state index contributed by atoms with van der Waals surface area (Å²) in [5.74, 6) is 0. The minimum atomic E-state index is -0.495. The van der Waals surface area contributed by atoms with Crippen LogP contribution in [0.25, 0.3) is 0 Å². The molecule has 5 heteroatoms. The zero-order valence-electron chi connectivity index (χ0n) is 5.42. The van der Waals surface area contributed by atoms with Crippen LogP contribution in [0, 0.1) is 0 Å². The van der Waals surface area contributed by atoms with Crippen molar-refractivity contribution in [3.8, 4) is 0 Å². The quantitative estimate of drug-likeness (QED) is 0.500. The smallest absolute Gasteiger partial charge is 0.187 e. The molecule has 0 aliphatic carbocycles. The van der Waals surface area contributed by atoms with E-state index in [0.717, 1.165) is 6.42 Å². The second kappa shape index (κ2) is 16.4. The maximum Gasteiger partial charge on any atom is 0.187 e. The molecule has 0 spiro atoms. The van der Waals surface area contributed by atoms with Crippen LogP contribution in [0.4, 0.5) is 0 Å². The fraction of sp³-hybridized carbons (Fsp3) is 1.00. The van der Waals surface area contributed by atoms with E-state index in [0.29, 0.717) is 6.42 Å². The van der Waals surface area contributed by atoms with Crippen LogP contribution in [0.3, 0.4) is 0 Å². The normalized spacial score (nSPS) is 10.5. The average molecular weight is 187 g/mol. The van der Waals surface area contributed by atoms with E-state index in [2.05, 4.69) is 11.9 Å². The number of aliphatic hydroxyl groups is 2. The second-order valence-electron chi connectivity index (χ2n) is 1.63. The summed E-state index contributed by atoms with van der Waals surface area (Å²) in [5, 5.41) is 16.8. The Balaban J connectivity index is -0.000000149. The lowest BCUT2D eigenvalue weighted by Crippen LogP contribution is -2.10. The molecule has 64 valence electrons. The van der Waals surface area contributed by atoms with Crippen molar-refractivity contribution in [1.29, 1.82) is 0 Å². The molecule has 0 saturated heterocycles. The number of rotatable bonds is 3. The molecule has 0 aromatic carbocycles. The highest BCUT2D eigenvalue weighted by Crippen LogP contribution is 1.92. The van der Waals surface area contributed by atoms with Crippen molar-refractivity contribution in [2.24, 2.45) is 0 Å². The Labute approximate surface area is 76.9 Å². The van der Waals surface area contributed by atoms with E-state index in [-0.39, 0.29) is 24.0 Å². The summed E-state index contributed by atoms with van der Waals surface area (Å²) in [5.41, 5.74) is 0. The van der Waals surface area contributed by atoms with Crippen LogP contribution in [0.15, 0.2) is 0 Å². The lowest BCUT2D eigenvalue weighted by atomic mass is 10.2. The average Bonchev–Trinajstić information content (AvgIpc) is 1.93. The van der Waals surface area contributed by atoms with E-state index in [1.807, 2.05) is 6.92 Å². The van der Waals surface area contributed by atoms with Gasteiger partial charge in [0.1, 0.15) is 0 Å². The van der Waals surface area contributed by atoms with Crippen LogP contribution in [0.1, 0.15) is 19.8 Å². The molecule has 0 aliphatic heterocycles. The van der Waals surface area contributed by atoms with Crippen LogP contribution in [-0.4, -0.2) is 44.9 Å². The molecule has 10 heavy (non-hydrogen) atoms. The summed E-state index contributed by atoms with van der Waals surface area (Å²) in [6, 6.07) is 0. The van der Waals surface area contributed by atoms with Crippen LogP contribution < -0.4 is 0 Å². The Kier molecular flexibility index (Phi) is 27.8. The summed E-state index contributed by atoms with van der Waals surface area (Å²) >= 11 is 3.64. The van der Waals surface area contributed by atoms with Gasteiger partial charge in [0.05, 0.1) is 24.6 Å². The van der Waals surface area contributed by atoms with Crippen LogP contribution in [-0.2, 0) is 0 Å². The molecule has 0 aliphatic rings. The van der Waals surface area contributed by atoms with Gasteiger partial charge in [-0.1, -0.05) is 13.3 Å². The van der Waals surface area contributed by atoms with Gasteiger partial charge in [0.15, 0.2) is 17.4 Å². The maximum atomic E-state index is 8.61.